The SMILES string of the molecule is CCCC(CC)N(C)CCOCCN(Cc1cccnc1F)Cc1cn(S(=O)(=O)C23C=CC=CC2C3)c2ccccc12. The first-order valence-electron chi connectivity index (χ1n) is 15.1. The van der Waals surface area contributed by atoms with E-state index in [1.165, 1.54) is 16.6 Å². The van der Waals surface area contributed by atoms with E-state index in [1.807, 2.05) is 48.6 Å². The van der Waals surface area contributed by atoms with Crippen molar-refractivity contribution in [3.8, 4) is 0 Å². The summed E-state index contributed by atoms with van der Waals surface area (Å²) in [5.74, 6) is -0.486. The van der Waals surface area contributed by atoms with E-state index in [-0.39, 0.29) is 5.92 Å². The van der Waals surface area contributed by atoms with Crippen LogP contribution in [0.3, 0.4) is 0 Å². The second-order valence-electron chi connectivity index (χ2n) is 11.6. The largest absolute Gasteiger partial charge is 0.379 e. The number of hydrogen-bond acceptors (Lipinski definition) is 6. The van der Waals surface area contributed by atoms with Crippen LogP contribution in [0.2, 0.25) is 0 Å². The molecule has 5 rings (SSSR count). The van der Waals surface area contributed by atoms with Crippen molar-refractivity contribution in [2.75, 3.05) is 33.4 Å². The molecule has 0 saturated heterocycles. The van der Waals surface area contributed by atoms with E-state index < -0.39 is 20.7 Å². The number of pyridine rings is 1. The predicted octanol–water partition coefficient (Wildman–Crippen LogP) is 5.77. The average Bonchev–Trinajstić information content (AvgIpc) is 3.66. The number of likely N-dealkylation sites (N-methyl/N-ethyl adjacent to an activating group) is 1. The molecule has 3 atom stereocenters. The minimum absolute atomic E-state index is 0.00735. The van der Waals surface area contributed by atoms with Gasteiger partial charge in [0.1, 0.15) is 4.75 Å². The fourth-order valence-electron chi connectivity index (χ4n) is 6.22. The summed E-state index contributed by atoms with van der Waals surface area (Å²) in [5.41, 5.74) is 2.05. The molecule has 2 aromatic heterocycles. The third kappa shape index (κ3) is 6.25. The van der Waals surface area contributed by atoms with Gasteiger partial charge in [-0.1, -0.05) is 68.8 Å². The molecular weight excluding hydrogens is 551 g/mol. The maximum Gasteiger partial charge on any atom is 0.248 e. The van der Waals surface area contributed by atoms with Gasteiger partial charge >= 0.3 is 0 Å². The van der Waals surface area contributed by atoms with Crippen molar-refractivity contribution in [2.24, 2.45) is 5.92 Å². The number of benzene rings is 1. The van der Waals surface area contributed by atoms with Crippen molar-refractivity contribution in [1.29, 1.82) is 0 Å². The van der Waals surface area contributed by atoms with Crippen LogP contribution in [0.15, 0.2) is 73.1 Å². The van der Waals surface area contributed by atoms with Crippen molar-refractivity contribution < 1.29 is 17.5 Å². The summed E-state index contributed by atoms with van der Waals surface area (Å²) in [6, 6.07) is 11.7. The third-order valence-electron chi connectivity index (χ3n) is 8.82. The number of allylic oxidation sites excluding steroid dienone is 3. The first-order chi connectivity index (χ1) is 20.3. The Morgan fingerprint density at radius 2 is 1.88 bits per heavy atom. The molecule has 0 radical (unpaired) electrons. The highest BCUT2D eigenvalue weighted by atomic mass is 32.2. The number of halogens is 1. The molecule has 0 aliphatic heterocycles. The molecule has 1 fully saturated rings. The molecule has 2 aliphatic rings. The monoisotopic (exact) mass is 594 g/mol. The molecule has 0 amide bonds. The summed E-state index contributed by atoms with van der Waals surface area (Å²) in [5, 5.41) is 0.880. The summed E-state index contributed by atoms with van der Waals surface area (Å²) < 4.78 is 49.2. The molecule has 1 saturated carbocycles. The molecule has 226 valence electrons. The summed E-state index contributed by atoms with van der Waals surface area (Å²) in [4.78, 5) is 8.30. The summed E-state index contributed by atoms with van der Waals surface area (Å²) >= 11 is 0. The molecule has 3 unspecified atom stereocenters. The Bertz CT molecular complexity index is 1540. The molecule has 0 spiro atoms. The molecule has 2 aliphatic carbocycles. The van der Waals surface area contributed by atoms with Crippen LogP contribution in [0.25, 0.3) is 10.9 Å². The van der Waals surface area contributed by atoms with Gasteiger partial charge in [0.25, 0.3) is 0 Å². The number of fused-ring (bicyclic) bond motifs is 2. The standard InChI is InChI=1S/C33H43FN4O3S/c1-4-11-29(5-2)36(3)18-20-41-21-19-37(23-26-12-10-17-35-32(26)34)24-27-25-38(31-15-7-6-14-30(27)31)42(39,40)33-16-9-8-13-28(33)22-33/h6-10,12-17,25,28-29H,4-5,11,18-24H2,1-3H3. The van der Waals surface area contributed by atoms with Crippen LogP contribution in [-0.4, -0.2) is 71.3 Å². The summed E-state index contributed by atoms with van der Waals surface area (Å²) in [6.45, 7) is 7.74. The summed E-state index contributed by atoms with van der Waals surface area (Å²) in [7, 11) is -1.53. The predicted molar refractivity (Wildman–Crippen MR) is 166 cm³/mol. The van der Waals surface area contributed by atoms with Crippen LogP contribution in [-0.2, 0) is 27.8 Å². The third-order valence-corrected chi connectivity index (χ3v) is 11.2. The number of nitrogens with zero attached hydrogens (tertiary/aromatic N) is 4. The zero-order valence-electron chi connectivity index (χ0n) is 25.0. The Balaban J connectivity index is 1.33. The van der Waals surface area contributed by atoms with E-state index in [2.05, 4.69) is 35.7 Å². The fourth-order valence-corrected chi connectivity index (χ4v) is 8.37. The van der Waals surface area contributed by atoms with Crippen molar-refractivity contribution in [3.05, 3.63) is 90.2 Å². The van der Waals surface area contributed by atoms with E-state index >= 15 is 0 Å². The highest BCUT2D eigenvalue weighted by Gasteiger charge is 2.62. The van der Waals surface area contributed by atoms with Crippen LogP contribution in [0.4, 0.5) is 4.39 Å². The number of hydrogen-bond donors (Lipinski definition) is 0. The average molecular weight is 595 g/mol. The van der Waals surface area contributed by atoms with Crippen LogP contribution in [0.5, 0.6) is 0 Å². The van der Waals surface area contributed by atoms with E-state index in [0.29, 0.717) is 56.4 Å². The van der Waals surface area contributed by atoms with Crippen molar-refractivity contribution in [1.82, 2.24) is 18.8 Å². The van der Waals surface area contributed by atoms with Gasteiger partial charge in [0.05, 0.1) is 18.7 Å². The molecule has 0 N–H and O–H groups in total. The maximum atomic E-state index is 14.6. The lowest BCUT2D eigenvalue weighted by Crippen LogP contribution is -2.34. The number of ether oxygens (including phenoxy) is 1. The lowest BCUT2D eigenvalue weighted by atomic mass is 10.1. The van der Waals surface area contributed by atoms with Gasteiger partial charge in [-0.2, -0.15) is 4.39 Å². The number of rotatable bonds is 16. The Morgan fingerprint density at radius 3 is 2.64 bits per heavy atom. The zero-order valence-corrected chi connectivity index (χ0v) is 25.8. The lowest BCUT2D eigenvalue weighted by molar-refractivity contribution is 0.0738. The van der Waals surface area contributed by atoms with Crippen LogP contribution < -0.4 is 0 Å². The molecule has 3 aromatic rings. The number of para-hydroxylation sites is 1. The van der Waals surface area contributed by atoms with Gasteiger partial charge in [0.2, 0.25) is 16.0 Å². The first-order valence-corrected chi connectivity index (χ1v) is 16.5. The van der Waals surface area contributed by atoms with E-state index in [4.69, 9.17) is 4.74 Å². The lowest BCUT2D eigenvalue weighted by Gasteiger charge is -2.27. The first kappa shape index (κ1) is 30.6. The second-order valence-corrected chi connectivity index (χ2v) is 13.7. The Kier molecular flexibility index (Phi) is 9.62. The highest BCUT2D eigenvalue weighted by molar-refractivity contribution is 7.92. The molecule has 2 heterocycles. The molecule has 1 aromatic carbocycles. The molecule has 42 heavy (non-hydrogen) atoms. The van der Waals surface area contributed by atoms with Gasteiger partial charge in [-0.3, -0.25) is 4.90 Å². The van der Waals surface area contributed by atoms with Gasteiger partial charge in [-0.25, -0.2) is 17.4 Å². The minimum Gasteiger partial charge on any atom is -0.379 e. The normalized spacial score (nSPS) is 20.5. The Labute approximate surface area is 249 Å². The van der Waals surface area contributed by atoms with Crippen molar-refractivity contribution in [2.45, 2.75) is 63.4 Å². The second kappa shape index (κ2) is 13.2. The van der Waals surface area contributed by atoms with E-state index in [0.717, 1.165) is 30.3 Å². The van der Waals surface area contributed by atoms with Crippen molar-refractivity contribution in [3.63, 3.8) is 0 Å². The zero-order chi connectivity index (χ0) is 29.7. The minimum atomic E-state index is -3.68. The van der Waals surface area contributed by atoms with Crippen LogP contribution in [0, 0.1) is 11.9 Å². The highest BCUT2D eigenvalue weighted by Crippen LogP contribution is 2.55. The quantitative estimate of drug-likeness (QED) is 0.155. The van der Waals surface area contributed by atoms with E-state index in [9.17, 15) is 12.8 Å². The van der Waals surface area contributed by atoms with Crippen molar-refractivity contribution >= 4 is 20.9 Å². The van der Waals surface area contributed by atoms with Gasteiger partial charge < -0.3 is 9.64 Å². The number of aromatic nitrogens is 2. The smallest absolute Gasteiger partial charge is 0.248 e. The summed E-state index contributed by atoms with van der Waals surface area (Å²) in [6.07, 6.45) is 14.8. The molecular formula is C33H43FN4O3S. The topological polar surface area (TPSA) is 67.7 Å². The molecule has 0 bridgehead atoms. The van der Waals surface area contributed by atoms with Crippen LogP contribution in [0.1, 0.15) is 50.7 Å². The Hall–Kier alpha value is -2.85. The van der Waals surface area contributed by atoms with Crippen LogP contribution >= 0.6 is 0 Å². The van der Waals surface area contributed by atoms with Gasteiger partial charge in [0.15, 0.2) is 0 Å². The molecule has 7 nitrogen and oxygen atoms in total. The fraction of sp³-hybridized carbons (Fsp3) is 0.485. The molecule has 9 heteroatoms. The van der Waals surface area contributed by atoms with E-state index in [1.54, 1.807) is 18.3 Å². The van der Waals surface area contributed by atoms with Gasteiger partial charge in [-0.05, 0) is 44.0 Å². The van der Waals surface area contributed by atoms with Gasteiger partial charge in [0, 0.05) is 61.5 Å². The Morgan fingerprint density at radius 1 is 1.10 bits per heavy atom. The maximum absolute atomic E-state index is 14.6. The van der Waals surface area contributed by atoms with Gasteiger partial charge in [-0.15, -0.1) is 0 Å².